The second-order valence-electron chi connectivity index (χ2n) is 9.57. The van der Waals surface area contributed by atoms with E-state index in [0.717, 1.165) is 84.2 Å². The molecule has 4 aliphatic rings. The van der Waals surface area contributed by atoms with Gasteiger partial charge < -0.3 is 24.0 Å². The molecule has 2 aromatic carbocycles. The van der Waals surface area contributed by atoms with Crippen molar-refractivity contribution in [2.75, 3.05) is 38.4 Å². The van der Waals surface area contributed by atoms with E-state index in [4.69, 9.17) is 49.0 Å². The van der Waals surface area contributed by atoms with Crippen LogP contribution in [0.3, 0.4) is 0 Å². The molecule has 0 aliphatic carbocycles. The summed E-state index contributed by atoms with van der Waals surface area (Å²) in [7, 11) is 1.71. The highest BCUT2D eigenvalue weighted by molar-refractivity contribution is 6.68. The van der Waals surface area contributed by atoms with Crippen LogP contribution < -0.4 is 19.1 Å². The van der Waals surface area contributed by atoms with Gasteiger partial charge in [0.25, 0.3) is 0 Å². The van der Waals surface area contributed by atoms with Crippen LogP contribution in [0.25, 0.3) is 11.8 Å². The van der Waals surface area contributed by atoms with Gasteiger partial charge in [0.05, 0.1) is 12.8 Å². The summed E-state index contributed by atoms with van der Waals surface area (Å²) < 4.78 is 15.6. The van der Waals surface area contributed by atoms with Crippen molar-refractivity contribution in [3.8, 4) is 17.2 Å². The van der Waals surface area contributed by atoms with Crippen LogP contribution in [0.15, 0.2) is 24.3 Å². The Morgan fingerprint density at radius 1 is 1.03 bits per heavy atom. The lowest BCUT2D eigenvalue weighted by molar-refractivity contribution is 0.174. The van der Waals surface area contributed by atoms with Crippen molar-refractivity contribution in [1.82, 2.24) is 4.90 Å². The number of alkyl halides is 3. The Balaban J connectivity index is 1.55. The minimum atomic E-state index is -1.54. The van der Waals surface area contributed by atoms with E-state index in [1.165, 1.54) is 5.56 Å². The predicted octanol–water partition coefficient (Wildman–Crippen LogP) is 6.44. The summed E-state index contributed by atoms with van der Waals surface area (Å²) in [5.41, 5.74) is 6.51. The Hall–Kier alpha value is -1.95. The molecule has 1 atom stereocenters. The second kappa shape index (κ2) is 8.32. The molecule has 0 radical (unpaired) electrons. The first kappa shape index (κ1) is 22.5. The molecular weight excluding hydrogens is 495 g/mol. The fraction of sp³-hybridized carbons (Fsp3) is 0.462. The van der Waals surface area contributed by atoms with E-state index in [-0.39, 0.29) is 6.79 Å². The Morgan fingerprint density at radius 2 is 1.76 bits per heavy atom. The highest BCUT2D eigenvalue weighted by atomic mass is 35.6. The number of rotatable bonds is 2. The van der Waals surface area contributed by atoms with Crippen LogP contribution in [-0.2, 0) is 6.42 Å². The fourth-order valence-corrected chi connectivity index (χ4v) is 6.44. The maximum Gasteiger partial charge on any atom is 0.231 e. The van der Waals surface area contributed by atoms with Crippen LogP contribution in [-0.4, -0.2) is 42.2 Å². The minimum absolute atomic E-state index is 0.248. The first-order chi connectivity index (χ1) is 16.3. The summed E-state index contributed by atoms with van der Waals surface area (Å²) >= 11 is 20.3. The summed E-state index contributed by atoms with van der Waals surface area (Å²) in [6.45, 7) is 5.22. The molecule has 34 heavy (non-hydrogen) atoms. The van der Waals surface area contributed by atoms with Gasteiger partial charge in [0.1, 0.15) is 11.8 Å². The fourth-order valence-electron chi connectivity index (χ4n) is 5.76. The van der Waals surface area contributed by atoms with Gasteiger partial charge in [-0.05, 0) is 60.6 Å². The minimum Gasteiger partial charge on any atom is -0.495 e. The van der Waals surface area contributed by atoms with Crippen molar-refractivity contribution in [2.24, 2.45) is 5.92 Å². The molecule has 0 bridgehead atoms. The molecule has 0 spiro atoms. The van der Waals surface area contributed by atoms with E-state index in [1.807, 2.05) is 6.07 Å². The zero-order valence-electron chi connectivity index (χ0n) is 19.2. The van der Waals surface area contributed by atoms with Gasteiger partial charge >= 0.3 is 0 Å². The van der Waals surface area contributed by atoms with E-state index >= 15 is 0 Å². The Bertz CT molecular complexity index is 1170. The molecule has 5 nitrogen and oxygen atoms in total. The Kier molecular flexibility index (Phi) is 5.51. The lowest BCUT2D eigenvalue weighted by Gasteiger charge is -2.47. The third-order valence-electron chi connectivity index (χ3n) is 7.53. The van der Waals surface area contributed by atoms with Crippen molar-refractivity contribution in [2.45, 2.75) is 36.0 Å². The van der Waals surface area contributed by atoms with Crippen LogP contribution in [0.4, 0.5) is 5.69 Å². The number of halogens is 3. The van der Waals surface area contributed by atoms with Crippen molar-refractivity contribution in [3.63, 3.8) is 0 Å². The summed E-state index contributed by atoms with van der Waals surface area (Å²) in [6.07, 6.45) is 5.32. The SMILES string of the molecule is COc1ccc2c(c1N1CCC(C)CC1)[C@H](C(Cl)(Cl)Cl)N1CCc3cc4c(cc3C1=C2)OCO4. The number of fused-ring (bicyclic) bond motifs is 5. The first-order valence-corrected chi connectivity index (χ1v) is 12.9. The van der Waals surface area contributed by atoms with Gasteiger partial charge in [-0.1, -0.05) is 47.8 Å². The normalized spacial score (nSPS) is 21.6. The van der Waals surface area contributed by atoms with E-state index in [2.05, 4.69) is 41.0 Å². The van der Waals surface area contributed by atoms with Crippen LogP contribution in [0.1, 0.15) is 48.1 Å². The number of ether oxygens (including phenoxy) is 3. The summed E-state index contributed by atoms with van der Waals surface area (Å²) in [5.74, 6) is 3.10. The molecule has 4 heterocycles. The quantitative estimate of drug-likeness (QED) is 0.425. The predicted molar refractivity (Wildman–Crippen MR) is 137 cm³/mol. The largest absolute Gasteiger partial charge is 0.495 e. The first-order valence-electron chi connectivity index (χ1n) is 11.8. The Labute approximate surface area is 215 Å². The van der Waals surface area contributed by atoms with Gasteiger partial charge in [0, 0.05) is 36.5 Å². The highest BCUT2D eigenvalue weighted by Crippen LogP contribution is 2.56. The summed E-state index contributed by atoms with van der Waals surface area (Å²) in [4.78, 5) is 4.66. The molecular formula is C26H27Cl3N2O3. The number of piperidine rings is 1. The number of hydrogen-bond donors (Lipinski definition) is 0. The van der Waals surface area contributed by atoms with E-state index < -0.39 is 9.83 Å². The lowest BCUT2D eigenvalue weighted by atomic mass is 9.85. The van der Waals surface area contributed by atoms with Gasteiger partial charge in [-0.2, -0.15) is 0 Å². The van der Waals surface area contributed by atoms with Gasteiger partial charge in [-0.25, -0.2) is 0 Å². The molecule has 0 aromatic heterocycles. The van der Waals surface area contributed by atoms with Gasteiger partial charge in [0.15, 0.2) is 11.5 Å². The zero-order valence-corrected chi connectivity index (χ0v) is 21.5. The topological polar surface area (TPSA) is 34.2 Å². The van der Waals surface area contributed by atoms with Gasteiger partial charge in [-0.3, -0.25) is 0 Å². The van der Waals surface area contributed by atoms with Crippen LogP contribution in [0.5, 0.6) is 17.2 Å². The van der Waals surface area contributed by atoms with Crippen molar-refractivity contribution < 1.29 is 14.2 Å². The molecule has 4 aliphatic heterocycles. The van der Waals surface area contributed by atoms with Gasteiger partial charge in [-0.15, -0.1) is 0 Å². The second-order valence-corrected chi connectivity index (χ2v) is 11.9. The third kappa shape index (κ3) is 3.59. The standard InChI is InChI=1S/C26H27Cl3N2O3/c1-15-5-8-30(9-6-15)24-20(32-2)4-3-17-11-19-18-13-22-21(33-14-34-22)12-16(18)7-10-31(19)25(23(17)24)26(27,28)29/h3-4,11-13,15,25H,5-10,14H2,1-2H3/t25-/m1/s1. The molecule has 2 aromatic rings. The molecule has 6 rings (SSSR count). The molecule has 0 N–H and O–H groups in total. The molecule has 1 saturated heterocycles. The molecule has 180 valence electrons. The van der Waals surface area contributed by atoms with Gasteiger partial charge in [0.2, 0.25) is 10.6 Å². The molecule has 0 saturated carbocycles. The number of nitrogens with zero attached hydrogens (tertiary/aromatic N) is 2. The van der Waals surface area contributed by atoms with E-state index in [0.29, 0.717) is 5.92 Å². The number of methoxy groups -OCH3 is 1. The molecule has 0 amide bonds. The van der Waals surface area contributed by atoms with Crippen molar-refractivity contribution in [3.05, 3.63) is 46.5 Å². The number of benzene rings is 2. The van der Waals surface area contributed by atoms with Crippen LogP contribution >= 0.6 is 34.8 Å². The number of hydrogen-bond acceptors (Lipinski definition) is 5. The van der Waals surface area contributed by atoms with Crippen LogP contribution in [0, 0.1) is 5.92 Å². The maximum atomic E-state index is 6.77. The zero-order chi connectivity index (χ0) is 23.6. The average molecular weight is 522 g/mol. The smallest absolute Gasteiger partial charge is 0.231 e. The van der Waals surface area contributed by atoms with Crippen molar-refractivity contribution >= 4 is 52.3 Å². The lowest BCUT2D eigenvalue weighted by Crippen LogP contribution is -2.43. The Morgan fingerprint density at radius 3 is 2.47 bits per heavy atom. The van der Waals surface area contributed by atoms with E-state index in [9.17, 15) is 0 Å². The number of anilines is 1. The average Bonchev–Trinajstić information content (AvgIpc) is 3.28. The summed E-state index contributed by atoms with van der Waals surface area (Å²) in [6, 6.07) is 7.82. The monoisotopic (exact) mass is 520 g/mol. The maximum absolute atomic E-state index is 6.77. The van der Waals surface area contributed by atoms with Crippen molar-refractivity contribution in [1.29, 1.82) is 0 Å². The molecule has 8 heteroatoms. The third-order valence-corrected chi connectivity index (χ3v) is 8.15. The molecule has 0 unspecified atom stereocenters. The van der Waals surface area contributed by atoms with Crippen LogP contribution in [0.2, 0.25) is 0 Å². The summed E-state index contributed by atoms with van der Waals surface area (Å²) in [5, 5.41) is 0. The molecule has 1 fully saturated rings. The highest BCUT2D eigenvalue weighted by Gasteiger charge is 2.46. The van der Waals surface area contributed by atoms with E-state index in [1.54, 1.807) is 7.11 Å².